The first kappa shape index (κ1) is 15.8. The Labute approximate surface area is 116 Å². The van der Waals surface area contributed by atoms with Crippen molar-refractivity contribution in [3.05, 3.63) is 23.8 Å². The second-order valence-corrected chi connectivity index (χ2v) is 6.63. The topological polar surface area (TPSA) is 109 Å². The summed E-state index contributed by atoms with van der Waals surface area (Å²) in [6.45, 7) is 1.75. The Morgan fingerprint density at radius 3 is 2.63 bits per heavy atom. The van der Waals surface area contributed by atoms with Gasteiger partial charge in [-0.25, -0.2) is 17.9 Å². The molecular formula is C11H16N2O4S2. The van der Waals surface area contributed by atoms with Crippen LogP contribution in [0.5, 0.6) is 0 Å². The summed E-state index contributed by atoms with van der Waals surface area (Å²) in [7, 11) is -3.74. The van der Waals surface area contributed by atoms with Crippen molar-refractivity contribution in [2.75, 3.05) is 17.7 Å². The highest BCUT2D eigenvalue weighted by Gasteiger charge is 2.20. The number of thioether (sulfide) groups is 1. The normalized spacial score (nSPS) is 13.2. The van der Waals surface area contributed by atoms with Crippen LogP contribution in [0, 0.1) is 0 Å². The van der Waals surface area contributed by atoms with E-state index in [-0.39, 0.29) is 22.2 Å². The van der Waals surface area contributed by atoms with Gasteiger partial charge in [0.15, 0.2) is 0 Å². The van der Waals surface area contributed by atoms with Crippen LogP contribution in [0.4, 0.5) is 5.69 Å². The maximum atomic E-state index is 12.1. The molecule has 0 fully saturated rings. The van der Waals surface area contributed by atoms with Crippen LogP contribution in [0.15, 0.2) is 23.1 Å². The number of aromatic carboxylic acids is 1. The minimum Gasteiger partial charge on any atom is -0.478 e. The maximum absolute atomic E-state index is 12.1. The third-order valence-corrected chi connectivity index (χ3v) is 4.82. The van der Waals surface area contributed by atoms with Gasteiger partial charge in [-0.3, -0.25) is 0 Å². The molecule has 0 spiro atoms. The minimum atomic E-state index is -3.74. The predicted octanol–water partition coefficient (Wildman–Crippen LogP) is 0.997. The van der Waals surface area contributed by atoms with E-state index in [1.54, 1.807) is 6.92 Å². The van der Waals surface area contributed by atoms with Crippen molar-refractivity contribution in [3.63, 3.8) is 0 Å². The first-order valence-electron chi connectivity index (χ1n) is 5.42. The quantitative estimate of drug-likeness (QED) is 0.676. The molecule has 1 unspecified atom stereocenters. The van der Waals surface area contributed by atoms with E-state index >= 15 is 0 Å². The number of carbonyl (C=O) groups is 1. The molecule has 0 aliphatic heterocycles. The van der Waals surface area contributed by atoms with Crippen LogP contribution in [0.25, 0.3) is 0 Å². The lowest BCUT2D eigenvalue weighted by Gasteiger charge is -2.14. The number of sulfonamides is 1. The lowest BCUT2D eigenvalue weighted by Crippen LogP contribution is -2.34. The number of carboxylic acids is 1. The Morgan fingerprint density at radius 2 is 2.16 bits per heavy atom. The molecule has 19 heavy (non-hydrogen) atoms. The average Bonchev–Trinajstić information content (AvgIpc) is 2.27. The summed E-state index contributed by atoms with van der Waals surface area (Å²) in [6.07, 6.45) is 1.88. The number of nitrogens with two attached hydrogens (primary N) is 1. The number of anilines is 1. The monoisotopic (exact) mass is 304 g/mol. The van der Waals surface area contributed by atoms with Crippen LogP contribution >= 0.6 is 11.8 Å². The Hall–Kier alpha value is -1.25. The number of nitrogens with one attached hydrogen (secondary N) is 1. The fraction of sp³-hybridized carbons (Fsp3) is 0.364. The Bertz CT molecular complexity index is 572. The van der Waals surface area contributed by atoms with Gasteiger partial charge < -0.3 is 10.8 Å². The van der Waals surface area contributed by atoms with Crippen LogP contribution in [-0.4, -0.2) is 37.5 Å². The van der Waals surface area contributed by atoms with E-state index in [0.29, 0.717) is 5.75 Å². The van der Waals surface area contributed by atoms with E-state index in [9.17, 15) is 13.2 Å². The summed E-state index contributed by atoms with van der Waals surface area (Å²) in [5.41, 5.74) is 5.48. The molecule has 0 bridgehead atoms. The van der Waals surface area contributed by atoms with Gasteiger partial charge in [-0.2, -0.15) is 11.8 Å². The molecule has 4 N–H and O–H groups in total. The van der Waals surface area contributed by atoms with Crippen LogP contribution < -0.4 is 10.5 Å². The van der Waals surface area contributed by atoms with Crippen LogP contribution in [0.1, 0.15) is 17.3 Å². The second kappa shape index (κ2) is 6.27. The average molecular weight is 304 g/mol. The van der Waals surface area contributed by atoms with E-state index in [0.717, 1.165) is 6.07 Å². The number of hydrogen-bond acceptors (Lipinski definition) is 5. The number of hydrogen-bond donors (Lipinski definition) is 3. The summed E-state index contributed by atoms with van der Waals surface area (Å²) >= 11 is 1.52. The molecule has 0 aromatic heterocycles. The van der Waals surface area contributed by atoms with Gasteiger partial charge in [-0.05, 0) is 31.4 Å². The molecular weight excluding hydrogens is 288 g/mol. The molecule has 0 heterocycles. The fourth-order valence-electron chi connectivity index (χ4n) is 1.54. The van der Waals surface area contributed by atoms with Crippen LogP contribution in [-0.2, 0) is 10.0 Å². The molecule has 6 nitrogen and oxygen atoms in total. The van der Waals surface area contributed by atoms with Gasteiger partial charge >= 0.3 is 5.97 Å². The van der Waals surface area contributed by atoms with E-state index < -0.39 is 16.0 Å². The molecule has 1 rings (SSSR count). The Kier molecular flexibility index (Phi) is 5.21. The van der Waals surface area contributed by atoms with Crippen LogP contribution in [0.3, 0.4) is 0 Å². The first-order valence-corrected chi connectivity index (χ1v) is 8.29. The van der Waals surface area contributed by atoms with Crippen molar-refractivity contribution in [2.45, 2.75) is 17.9 Å². The molecule has 0 aliphatic carbocycles. The number of nitrogen functional groups attached to an aromatic ring is 1. The molecule has 0 aliphatic rings. The third-order valence-electron chi connectivity index (χ3n) is 2.32. The fourth-order valence-corrected chi connectivity index (χ4v) is 3.58. The van der Waals surface area contributed by atoms with Crippen molar-refractivity contribution in [2.24, 2.45) is 0 Å². The summed E-state index contributed by atoms with van der Waals surface area (Å²) in [4.78, 5) is 10.6. The maximum Gasteiger partial charge on any atom is 0.335 e. The molecule has 106 valence electrons. The second-order valence-electron chi connectivity index (χ2n) is 4.04. The minimum absolute atomic E-state index is 0.0476. The molecule has 1 aromatic rings. The highest BCUT2D eigenvalue weighted by atomic mass is 32.2. The van der Waals surface area contributed by atoms with Crippen molar-refractivity contribution < 1.29 is 18.3 Å². The SMILES string of the molecule is CSCC(C)NS(=O)(=O)c1ccc(C(=O)O)cc1N. The first-order chi connectivity index (χ1) is 8.77. The van der Waals surface area contributed by atoms with Crippen molar-refractivity contribution in [1.82, 2.24) is 4.72 Å². The van der Waals surface area contributed by atoms with Gasteiger partial charge in [0.2, 0.25) is 10.0 Å². The summed E-state index contributed by atoms with van der Waals surface area (Å²) in [5, 5.41) is 8.79. The predicted molar refractivity (Wildman–Crippen MR) is 76.0 cm³/mol. The molecule has 0 saturated heterocycles. The Morgan fingerprint density at radius 1 is 1.53 bits per heavy atom. The standard InChI is InChI=1S/C11H16N2O4S2/c1-7(6-18-2)13-19(16,17)10-4-3-8(11(14)15)5-9(10)12/h3-5,7,13H,6,12H2,1-2H3,(H,14,15). The van der Waals surface area contributed by atoms with Crippen molar-refractivity contribution in [3.8, 4) is 0 Å². The lowest BCUT2D eigenvalue weighted by atomic mass is 10.2. The summed E-state index contributed by atoms with van der Waals surface area (Å²) in [5.74, 6) is -0.522. The number of benzene rings is 1. The van der Waals surface area contributed by atoms with E-state index in [1.165, 1.54) is 23.9 Å². The summed E-state index contributed by atoms with van der Waals surface area (Å²) in [6, 6.07) is 3.31. The highest BCUT2D eigenvalue weighted by molar-refractivity contribution is 7.98. The van der Waals surface area contributed by atoms with E-state index in [4.69, 9.17) is 10.8 Å². The lowest BCUT2D eigenvalue weighted by molar-refractivity contribution is 0.0697. The number of carboxylic acid groups (broad SMARTS) is 1. The van der Waals surface area contributed by atoms with Crippen LogP contribution in [0.2, 0.25) is 0 Å². The zero-order chi connectivity index (χ0) is 14.6. The summed E-state index contributed by atoms with van der Waals surface area (Å²) < 4.78 is 26.6. The highest BCUT2D eigenvalue weighted by Crippen LogP contribution is 2.20. The third kappa shape index (κ3) is 4.12. The molecule has 1 atom stereocenters. The molecule has 0 saturated carbocycles. The van der Waals surface area contributed by atoms with E-state index in [1.807, 2.05) is 6.26 Å². The van der Waals surface area contributed by atoms with Gasteiger partial charge in [0.05, 0.1) is 11.3 Å². The molecule has 0 amide bonds. The van der Waals surface area contributed by atoms with Gasteiger partial charge in [0, 0.05) is 11.8 Å². The van der Waals surface area contributed by atoms with Gasteiger partial charge in [0.25, 0.3) is 0 Å². The van der Waals surface area contributed by atoms with Gasteiger partial charge in [0.1, 0.15) is 4.90 Å². The largest absolute Gasteiger partial charge is 0.478 e. The molecule has 0 radical (unpaired) electrons. The smallest absolute Gasteiger partial charge is 0.335 e. The number of rotatable bonds is 6. The zero-order valence-electron chi connectivity index (χ0n) is 10.6. The van der Waals surface area contributed by atoms with Crippen molar-refractivity contribution in [1.29, 1.82) is 0 Å². The Balaban J connectivity index is 3.05. The van der Waals surface area contributed by atoms with Gasteiger partial charge in [-0.15, -0.1) is 0 Å². The van der Waals surface area contributed by atoms with Gasteiger partial charge in [-0.1, -0.05) is 0 Å². The van der Waals surface area contributed by atoms with E-state index in [2.05, 4.69) is 4.72 Å². The molecule has 1 aromatic carbocycles. The van der Waals surface area contributed by atoms with Crippen molar-refractivity contribution >= 4 is 33.4 Å². The molecule has 8 heteroatoms. The zero-order valence-corrected chi connectivity index (χ0v) is 12.2.